The summed E-state index contributed by atoms with van der Waals surface area (Å²) in [5, 5.41) is 0. The van der Waals surface area contributed by atoms with E-state index in [0.717, 1.165) is 31.9 Å². The first kappa shape index (κ1) is 14.2. The highest BCUT2D eigenvalue weighted by Crippen LogP contribution is 2.15. The highest BCUT2D eigenvalue weighted by atomic mass is 15.2. The molecule has 0 aromatic carbocycles. The van der Waals surface area contributed by atoms with E-state index in [1.165, 1.54) is 6.42 Å². The molecule has 4 nitrogen and oxygen atoms in total. The number of imidazole rings is 1. The van der Waals surface area contributed by atoms with Gasteiger partial charge in [0, 0.05) is 19.3 Å². The van der Waals surface area contributed by atoms with Crippen molar-refractivity contribution in [1.82, 2.24) is 14.5 Å². The summed E-state index contributed by atoms with van der Waals surface area (Å²) in [6.07, 6.45) is 4.95. The van der Waals surface area contributed by atoms with Crippen LogP contribution in [-0.4, -0.2) is 34.1 Å². The molecular formula is C13H26N4. The van der Waals surface area contributed by atoms with E-state index in [2.05, 4.69) is 28.3 Å². The second-order valence-electron chi connectivity index (χ2n) is 5.13. The van der Waals surface area contributed by atoms with Crippen molar-refractivity contribution in [3.8, 4) is 0 Å². The van der Waals surface area contributed by atoms with Gasteiger partial charge in [-0.2, -0.15) is 0 Å². The summed E-state index contributed by atoms with van der Waals surface area (Å²) in [4.78, 5) is 6.65. The molecule has 0 radical (unpaired) electrons. The van der Waals surface area contributed by atoms with Gasteiger partial charge >= 0.3 is 0 Å². The van der Waals surface area contributed by atoms with Crippen LogP contribution in [0.3, 0.4) is 0 Å². The molecule has 98 valence electrons. The van der Waals surface area contributed by atoms with Crippen LogP contribution >= 0.6 is 0 Å². The van der Waals surface area contributed by atoms with Crippen molar-refractivity contribution >= 4 is 0 Å². The molecule has 0 spiro atoms. The topological polar surface area (TPSA) is 47.1 Å². The lowest BCUT2D eigenvalue weighted by molar-refractivity contribution is 0.273. The summed E-state index contributed by atoms with van der Waals surface area (Å²) < 4.78 is 2.16. The van der Waals surface area contributed by atoms with Gasteiger partial charge in [0.15, 0.2) is 0 Å². The molecule has 1 aromatic heterocycles. The molecule has 2 N–H and O–H groups in total. The maximum atomic E-state index is 6.13. The van der Waals surface area contributed by atoms with Crippen LogP contribution in [0.25, 0.3) is 0 Å². The fourth-order valence-corrected chi connectivity index (χ4v) is 2.03. The highest BCUT2D eigenvalue weighted by molar-refractivity contribution is 5.09. The molecule has 0 aliphatic heterocycles. The predicted molar refractivity (Wildman–Crippen MR) is 71.8 cm³/mol. The molecule has 0 amide bonds. The van der Waals surface area contributed by atoms with Crippen molar-refractivity contribution in [3.05, 3.63) is 18.2 Å². The number of hydrogen-bond acceptors (Lipinski definition) is 3. The van der Waals surface area contributed by atoms with Crippen LogP contribution < -0.4 is 5.73 Å². The van der Waals surface area contributed by atoms with Crippen molar-refractivity contribution in [2.24, 2.45) is 5.73 Å². The second-order valence-corrected chi connectivity index (χ2v) is 5.13. The van der Waals surface area contributed by atoms with Crippen molar-refractivity contribution < 1.29 is 0 Å². The second kappa shape index (κ2) is 6.17. The van der Waals surface area contributed by atoms with Crippen molar-refractivity contribution in [3.63, 3.8) is 0 Å². The first-order valence-electron chi connectivity index (χ1n) is 6.50. The van der Waals surface area contributed by atoms with Crippen molar-refractivity contribution in [1.29, 1.82) is 0 Å². The summed E-state index contributed by atoms with van der Waals surface area (Å²) >= 11 is 0. The van der Waals surface area contributed by atoms with Crippen LogP contribution in [0.2, 0.25) is 0 Å². The van der Waals surface area contributed by atoms with Crippen LogP contribution in [-0.2, 0) is 12.1 Å². The Bertz CT molecular complexity index is 324. The first-order valence-corrected chi connectivity index (χ1v) is 6.50. The van der Waals surface area contributed by atoms with Gasteiger partial charge in [-0.3, -0.25) is 0 Å². The van der Waals surface area contributed by atoms with E-state index in [1.807, 2.05) is 26.4 Å². The molecule has 1 aromatic rings. The van der Waals surface area contributed by atoms with E-state index in [9.17, 15) is 0 Å². The molecule has 0 saturated heterocycles. The van der Waals surface area contributed by atoms with Gasteiger partial charge in [0.2, 0.25) is 0 Å². The van der Waals surface area contributed by atoms with Crippen LogP contribution in [0.5, 0.6) is 0 Å². The maximum absolute atomic E-state index is 6.13. The standard InChI is InChI=1S/C13H26N4/c1-5-7-16(6-2)8-9-17-11-15-10-12(17)13(3,4)14/h10-11H,5-9,14H2,1-4H3. The van der Waals surface area contributed by atoms with E-state index in [4.69, 9.17) is 5.73 Å². The third-order valence-electron chi connectivity index (χ3n) is 3.02. The van der Waals surface area contributed by atoms with Crippen LogP contribution in [0, 0.1) is 0 Å². The van der Waals surface area contributed by atoms with Gasteiger partial charge in [0.05, 0.1) is 17.6 Å². The lowest BCUT2D eigenvalue weighted by atomic mass is 10.0. The minimum atomic E-state index is -0.321. The number of nitrogens with two attached hydrogens (primary N) is 1. The maximum Gasteiger partial charge on any atom is 0.0949 e. The minimum Gasteiger partial charge on any atom is -0.332 e. The molecule has 0 atom stereocenters. The largest absolute Gasteiger partial charge is 0.332 e. The Hall–Kier alpha value is -0.870. The number of hydrogen-bond donors (Lipinski definition) is 1. The summed E-state index contributed by atoms with van der Waals surface area (Å²) in [5.74, 6) is 0. The van der Waals surface area contributed by atoms with E-state index < -0.39 is 0 Å². The number of rotatable bonds is 7. The summed E-state index contributed by atoms with van der Waals surface area (Å²) in [6.45, 7) is 12.7. The van der Waals surface area contributed by atoms with Gasteiger partial charge in [-0.05, 0) is 33.4 Å². The van der Waals surface area contributed by atoms with Gasteiger partial charge in [-0.25, -0.2) is 4.98 Å². The van der Waals surface area contributed by atoms with Crippen molar-refractivity contribution in [2.75, 3.05) is 19.6 Å². The Balaban J connectivity index is 2.60. The van der Waals surface area contributed by atoms with Crippen LogP contribution in [0.15, 0.2) is 12.5 Å². The third kappa shape index (κ3) is 4.13. The lowest BCUT2D eigenvalue weighted by Crippen LogP contribution is -2.34. The van der Waals surface area contributed by atoms with E-state index >= 15 is 0 Å². The van der Waals surface area contributed by atoms with Gasteiger partial charge in [0.25, 0.3) is 0 Å². The van der Waals surface area contributed by atoms with Gasteiger partial charge in [-0.1, -0.05) is 13.8 Å². The first-order chi connectivity index (χ1) is 7.99. The minimum absolute atomic E-state index is 0.321. The molecule has 17 heavy (non-hydrogen) atoms. The summed E-state index contributed by atoms with van der Waals surface area (Å²) in [6, 6.07) is 0. The van der Waals surface area contributed by atoms with E-state index in [1.54, 1.807) is 0 Å². The molecule has 1 heterocycles. The Morgan fingerprint density at radius 1 is 1.35 bits per heavy atom. The van der Waals surface area contributed by atoms with Crippen molar-refractivity contribution in [2.45, 2.75) is 46.2 Å². The fourth-order valence-electron chi connectivity index (χ4n) is 2.03. The Kier molecular flexibility index (Phi) is 5.15. The zero-order valence-corrected chi connectivity index (χ0v) is 11.6. The molecule has 0 aliphatic carbocycles. The fraction of sp³-hybridized carbons (Fsp3) is 0.769. The van der Waals surface area contributed by atoms with Crippen LogP contribution in [0.1, 0.15) is 39.8 Å². The third-order valence-corrected chi connectivity index (χ3v) is 3.02. The highest BCUT2D eigenvalue weighted by Gasteiger charge is 2.18. The predicted octanol–water partition coefficient (Wildman–Crippen LogP) is 1.81. The lowest BCUT2D eigenvalue weighted by Gasteiger charge is -2.24. The van der Waals surface area contributed by atoms with E-state index in [0.29, 0.717) is 0 Å². The average molecular weight is 238 g/mol. The molecule has 0 aliphatic rings. The molecule has 0 bridgehead atoms. The molecule has 1 rings (SSSR count). The molecule has 0 unspecified atom stereocenters. The average Bonchev–Trinajstić information content (AvgIpc) is 2.72. The molecule has 0 saturated carbocycles. The zero-order valence-electron chi connectivity index (χ0n) is 11.6. The normalized spacial score (nSPS) is 12.4. The van der Waals surface area contributed by atoms with Gasteiger partial charge < -0.3 is 15.2 Å². The monoisotopic (exact) mass is 238 g/mol. The van der Waals surface area contributed by atoms with Crippen LogP contribution in [0.4, 0.5) is 0 Å². The number of likely N-dealkylation sites (N-methyl/N-ethyl adjacent to an activating group) is 1. The Morgan fingerprint density at radius 2 is 2.06 bits per heavy atom. The van der Waals surface area contributed by atoms with E-state index in [-0.39, 0.29) is 5.54 Å². The Labute approximate surface area is 105 Å². The quantitative estimate of drug-likeness (QED) is 0.788. The number of aromatic nitrogens is 2. The number of nitrogens with zero attached hydrogens (tertiary/aromatic N) is 3. The van der Waals surface area contributed by atoms with Gasteiger partial charge in [-0.15, -0.1) is 0 Å². The smallest absolute Gasteiger partial charge is 0.0949 e. The molecule has 4 heteroatoms. The Morgan fingerprint density at radius 3 is 2.59 bits per heavy atom. The summed E-state index contributed by atoms with van der Waals surface area (Å²) in [5.41, 5.74) is 6.91. The summed E-state index contributed by atoms with van der Waals surface area (Å²) in [7, 11) is 0. The molecule has 0 fully saturated rings. The zero-order chi connectivity index (χ0) is 12.9. The SMILES string of the molecule is CCCN(CC)CCn1cncc1C(C)(C)N. The van der Waals surface area contributed by atoms with Gasteiger partial charge in [0.1, 0.15) is 0 Å². The molecular weight excluding hydrogens is 212 g/mol.